The molecule has 0 saturated carbocycles. The van der Waals surface area contributed by atoms with Crippen LogP contribution in [0.2, 0.25) is 0 Å². The first-order valence-corrected chi connectivity index (χ1v) is 5.03. The molecule has 0 aliphatic heterocycles. The van der Waals surface area contributed by atoms with E-state index in [1.807, 2.05) is 6.92 Å². The summed E-state index contributed by atoms with van der Waals surface area (Å²) in [6.45, 7) is 2.54. The summed E-state index contributed by atoms with van der Waals surface area (Å²) in [5, 5.41) is 0.0226. The van der Waals surface area contributed by atoms with E-state index >= 15 is 0 Å². The average Bonchev–Trinajstić information content (AvgIpc) is 1.99. The first-order valence-electron chi connectivity index (χ1n) is 2.82. The number of carbonyl (C=O) groups is 1. The molecule has 11 heavy (non-hydrogen) atoms. The standard InChI is InChI=1S/C5H11NO2S2.ClH/c1-4(3-6)9-10-5(7)8-2;/h4H,3,6H2,1-2H3;1H. The Morgan fingerprint density at radius 2 is 2.27 bits per heavy atom. The van der Waals surface area contributed by atoms with E-state index in [0.29, 0.717) is 11.8 Å². The second-order valence-corrected chi connectivity index (χ2v) is 4.25. The maximum atomic E-state index is 10.5. The lowest BCUT2D eigenvalue weighted by molar-refractivity contribution is 0.200. The molecule has 0 aliphatic carbocycles. The zero-order valence-corrected chi connectivity index (χ0v) is 8.85. The fourth-order valence-electron chi connectivity index (χ4n) is 0.195. The van der Waals surface area contributed by atoms with Gasteiger partial charge in [-0.05, 0) is 0 Å². The van der Waals surface area contributed by atoms with E-state index in [4.69, 9.17) is 5.73 Å². The van der Waals surface area contributed by atoms with E-state index in [2.05, 4.69) is 4.74 Å². The molecule has 0 bridgehead atoms. The summed E-state index contributed by atoms with van der Waals surface area (Å²) in [7, 11) is 3.87. The Morgan fingerprint density at radius 3 is 2.64 bits per heavy atom. The molecule has 0 radical (unpaired) electrons. The van der Waals surface area contributed by atoms with Crippen LogP contribution >= 0.6 is 34.0 Å². The molecule has 68 valence electrons. The molecule has 1 atom stereocenters. The van der Waals surface area contributed by atoms with Crippen LogP contribution in [0.4, 0.5) is 4.79 Å². The van der Waals surface area contributed by atoms with Crippen molar-refractivity contribution in [3.05, 3.63) is 0 Å². The van der Waals surface area contributed by atoms with Crippen molar-refractivity contribution in [3.63, 3.8) is 0 Å². The summed E-state index contributed by atoms with van der Waals surface area (Å²) in [5.41, 5.74) is 5.31. The van der Waals surface area contributed by atoms with E-state index in [1.165, 1.54) is 17.9 Å². The fourth-order valence-corrected chi connectivity index (χ4v) is 1.75. The zero-order chi connectivity index (χ0) is 7.98. The van der Waals surface area contributed by atoms with Crippen molar-refractivity contribution in [2.24, 2.45) is 5.73 Å². The number of ether oxygens (including phenoxy) is 1. The second kappa shape index (κ2) is 8.52. The van der Waals surface area contributed by atoms with Crippen molar-refractivity contribution in [1.29, 1.82) is 0 Å². The second-order valence-electron chi connectivity index (χ2n) is 1.68. The highest BCUT2D eigenvalue weighted by Crippen LogP contribution is 2.27. The topological polar surface area (TPSA) is 52.3 Å². The van der Waals surface area contributed by atoms with Crippen LogP contribution < -0.4 is 5.73 Å². The van der Waals surface area contributed by atoms with Crippen molar-refractivity contribution in [3.8, 4) is 0 Å². The van der Waals surface area contributed by atoms with Crippen molar-refractivity contribution < 1.29 is 9.53 Å². The highest BCUT2D eigenvalue weighted by molar-refractivity contribution is 8.82. The molecule has 0 aromatic heterocycles. The highest BCUT2D eigenvalue weighted by Gasteiger charge is 2.05. The largest absolute Gasteiger partial charge is 0.460 e. The van der Waals surface area contributed by atoms with Gasteiger partial charge in [0, 0.05) is 22.6 Å². The Kier molecular flexibility index (Phi) is 10.8. The Hall–Kier alpha value is 0.420. The molecule has 0 aliphatic rings. The summed E-state index contributed by atoms with van der Waals surface area (Å²) in [6, 6.07) is 0. The zero-order valence-electron chi connectivity index (χ0n) is 6.40. The average molecular weight is 218 g/mol. The van der Waals surface area contributed by atoms with E-state index in [0.717, 1.165) is 10.8 Å². The maximum absolute atomic E-state index is 10.5. The van der Waals surface area contributed by atoms with Gasteiger partial charge in [-0.25, -0.2) is 4.79 Å². The normalized spacial score (nSPS) is 11.5. The molecule has 6 heteroatoms. The lowest BCUT2D eigenvalue weighted by Gasteiger charge is -2.03. The van der Waals surface area contributed by atoms with Crippen LogP contribution in [0.3, 0.4) is 0 Å². The number of carbonyl (C=O) groups excluding carboxylic acids is 1. The van der Waals surface area contributed by atoms with E-state index in [9.17, 15) is 4.79 Å². The smallest absolute Gasteiger partial charge is 0.377 e. The number of halogens is 1. The lowest BCUT2D eigenvalue weighted by atomic mass is 10.5. The van der Waals surface area contributed by atoms with Gasteiger partial charge < -0.3 is 10.5 Å². The van der Waals surface area contributed by atoms with Gasteiger partial charge in [0.25, 0.3) is 0 Å². The Morgan fingerprint density at radius 1 is 1.73 bits per heavy atom. The Balaban J connectivity index is 0. The van der Waals surface area contributed by atoms with E-state index < -0.39 is 0 Å². The summed E-state index contributed by atoms with van der Waals surface area (Å²) < 4.78 is 4.41. The van der Waals surface area contributed by atoms with Crippen LogP contribution in [-0.2, 0) is 4.74 Å². The van der Waals surface area contributed by atoms with Crippen molar-refractivity contribution in [2.75, 3.05) is 13.7 Å². The molecule has 1 unspecified atom stereocenters. The lowest BCUT2D eigenvalue weighted by Crippen LogP contribution is -2.11. The van der Waals surface area contributed by atoms with E-state index in [-0.39, 0.29) is 17.7 Å². The molecule has 2 N–H and O–H groups in total. The summed E-state index contributed by atoms with van der Waals surface area (Å²) in [4.78, 5) is 10.5. The summed E-state index contributed by atoms with van der Waals surface area (Å²) in [5.74, 6) is 0. The first-order chi connectivity index (χ1) is 4.70. The molecule has 0 aromatic rings. The van der Waals surface area contributed by atoms with Gasteiger partial charge in [0.1, 0.15) is 0 Å². The fraction of sp³-hybridized carbons (Fsp3) is 0.800. The molecule has 0 amide bonds. The van der Waals surface area contributed by atoms with Gasteiger partial charge in [-0.3, -0.25) is 0 Å². The van der Waals surface area contributed by atoms with Gasteiger partial charge >= 0.3 is 5.30 Å². The van der Waals surface area contributed by atoms with Crippen molar-refractivity contribution >= 4 is 39.3 Å². The van der Waals surface area contributed by atoms with Crippen LogP contribution in [-0.4, -0.2) is 24.2 Å². The van der Waals surface area contributed by atoms with Crippen LogP contribution in [0.1, 0.15) is 6.92 Å². The minimum absolute atomic E-state index is 0. The SMILES string of the molecule is COC(=O)SSC(C)CN.Cl. The van der Waals surface area contributed by atoms with Gasteiger partial charge in [0.2, 0.25) is 0 Å². The quantitative estimate of drug-likeness (QED) is 0.578. The molecule has 0 spiro atoms. The van der Waals surface area contributed by atoms with Gasteiger partial charge in [0.05, 0.1) is 7.11 Å². The van der Waals surface area contributed by atoms with Crippen LogP contribution in [0.15, 0.2) is 0 Å². The molecular formula is C5H12ClNO2S2. The third kappa shape index (κ3) is 8.33. The Bertz CT molecular complexity index is 115. The number of methoxy groups -OCH3 is 1. The van der Waals surface area contributed by atoms with Gasteiger partial charge in [-0.15, -0.1) is 12.4 Å². The number of nitrogens with two attached hydrogens (primary N) is 1. The monoisotopic (exact) mass is 217 g/mol. The van der Waals surface area contributed by atoms with Gasteiger partial charge in [0.15, 0.2) is 0 Å². The molecule has 3 nitrogen and oxygen atoms in total. The molecule has 0 saturated heterocycles. The summed E-state index contributed by atoms with van der Waals surface area (Å²) in [6.07, 6.45) is 0. The molecule has 0 fully saturated rings. The van der Waals surface area contributed by atoms with E-state index in [1.54, 1.807) is 0 Å². The third-order valence-electron chi connectivity index (χ3n) is 0.779. The first kappa shape index (κ1) is 14.0. The highest BCUT2D eigenvalue weighted by atomic mass is 35.5. The minimum Gasteiger partial charge on any atom is -0.460 e. The minimum atomic E-state index is -0.273. The van der Waals surface area contributed by atoms with Gasteiger partial charge in [-0.2, -0.15) is 0 Å². The predicted octanol–water partition coefficient (Wildman–Crippen LogP) is 1.90. The molecule has 0 aromatic carbocycles. The van der Waals surface area contributed by atoms with Crippen molar-refractivity contribution in [2.45, 2.75) is 12.2 Å². The van der Waals surface area contributed by atoms with Crippen LogP contribution in [0, 0.1) is 0 Å². The van der Waals surface area contributed by atoms with Crippen molar-refractivity contribution in [1.82, 2.24) is 0 Å². The van der Waals surface area contributed by atoms with Crippen LogP contribution in [0.5, 0.6) is 0 Å². The molecule has 0 rings (SSSR count). The molecule has 0 heterocycles. The van der Waals surface area contributed by atoms with Crippen LogP contribution in [0.25, 0.3) is 0 Å². The molecular weight excluding hydrogens is 206 g/mol. The van der Waals surface area contributed by atoms with Gasteiger partial charge in [-0.1, -0.05) is 17.7 Å². The maximum Gasteiger partial charge on any atom is 0.377 e. The number of rotatable bonds is 3. The number of hydrogen-bond acceptors (Lipinski definition) is 5. The third-order valence-corrected chi connectivity index (χ3v) is 3.38. The number of hydrogen-bond donors (Lipinski definition) is 1. The summed E-state index contributed by atoms with van der Waals surface area (Å²) >= 11 is 0. The Labute approximate surface area is 80.6 Å². The predicted molar refractivity (Wildman–Crippen MR) is 53.4 cm³/mol.